The Morgan fingerprint density at radius 3 is 2.55 bits per heavy atom. The van der Waals surface area contributed by atoms with Gasteiger partial charge in [0.2, 0.25) is 0 Å². The molecule has 0 aliphatic carbocycles. The van der Waals surface area contributed by atoms with Crippen molar-refractivity contribution in [3.8, 4) is 28.7 Å². The van der Waals surface area contributed by atoms with Gasteiger partial charge in [0, 0.05) is 5.56 Å². The first-order valence-corrected chi connectivity index (χ1v) is 9.94. The van der Waals surface area contributed by atoms with Crippen LogP contribution in [-0.4, -0.2) is 31.8 Å². The molecule has 0 bridgehead atoms. The smallest absolute Gasteiger partial charge is 0.189 e. The van der Waals surface area contributed by atoms with E-state index in [2.05, 4.69) is 6.08 Å². The van der Waals surface area contributed by atoms with Gasteiger partial charge in [-0.3, -0.25) is 4.79 Å². The number of carbonyl (C=O) groups is 1. The summed E-state index contributed by atoms with van der Waals surface area (Å²) in [5.74, 6) is -1.17. The minimum Gasteiger partial charge on any atom is -0.508 e. The predicted octanol–water partition coefficient (Wildman–Crippen LogP) is 5.32. The molecule has 3 rings (SSSR count). The van der Waals surface area contributed by atoms with Crippen LogP contribution in [0.25, 0.3) is 12.2 Å². The lowest BCUT2D eigenvalue weighted by atomic mass is 9.92. The van der Waals surface area contributed by atoms with Gasteiger partial charge in [-0.15, -0.1) is 0 Å². The molecule has 31 heavy (non-hydrogen) atoms. The highest BCUT2D eigenvalue weighted by atomic mass is 16.5. The van der Waals surface area contributed by atoms with Gasteiger partial charge in [0.1, 0.15) is 22.8 Å². The van der Waals surface area contributed by atoms with Gasteiger partial charge in [0.05, 0.1) is 11.1 Å². The van der Waals surface area contributed by atoms with Crippen molar-refractivity contribution in [3.63, 3.8) is 0 Å². The number of allylic oxidation sites excluding steroid dienone is 3. The molecule has 0 spiro atoms. The maximum atomic E-state index is 12.6. The molecule has 162 valence electrons. The number of aromatic hydroxyl groups is 4. The Labute approximate surface area is 181 Å². The number of fused-ring (bicyclic) bond motifs is 1. The van der Waals surface area contributed by atoms with E-state index in [9.17, 15) is 25.2 Å². The average molecular weight is 422 g/mol. The standard InChI is InChI=1S/C25H26O6/c1-15(2)5-4-11-25(3)12-10-18-23(30)19(14-22(29)24(18)31-25)21(28)8-6-16-13-17(26)7-9-20(16)27/h5-10,12-14,26-27,29-30H,4,11H2,1-3H3/b8-6+. The van der Waals surface area contributed by atoms with Crippen LogP contribution in [0.3, 0.4) is 0 Å². The number of phenolic OH excluding ortho intramolecular Hbond substituents is 4. The van der Waals surface area contributed by atoms with Crippen molar-refractivity contribution in [1.29, 1.82) is 0 Å². The van der Waals surface area contributed by atoms with Gasteiger partial charge in [-0.05, 0) is 82.2 Å². The lowest BCUT2D eigenvalue weighted by Gasteiger charge is -2.32. The van der Waals surface area contributed by atoms with Crippen LogP contribution in [0.15, 0.2) is 48.1 Å². The van der Waals surface area contributed by atoms with Crippen molar-refractivity contribution in [1.82, 2.24) is 0 Å². The summed E-state index contributed by atoms with van der Waals surface area (Å²) in [6.45, 7) is 5.94. The Hall–Kier alpha value is -3.67. The van der Waals surface area contributed by atoms with Crippen LogP contribution in [-0.2, 0) is 0 Å². The molecule has 4 N–H and O–H groups in total. The van der Waals surface area contributed by atoms with E-state index in [1.165, 1.54) is 35.9 Å². The Kier molecular flexibility index (Phi) is 6.11. The number of ether oxygens (including phenoxy) is 1. The lowest BCUT2D eigenvalue weighted by Crippen LogP contribution is -2.31. The SMILES string of the molecule is CC(C)=CCCC1(C)C=Cc2c(O)c(C(=O)/C=C/c3cc(O)ccc3O)cc(O)c2O1. The topological polar surface area (TPSA) is 107 Å². The van der Waals surface area contributed by atoms with Crippen molar-refractivity contribution in [2.75, 3.05) is 0 Å². The van der Waals surface area contributed by atoms with E-state index in [0.29, 0.717) is 6.42 Å². The van der Waals surface area contributed by atoms with E-state index < -0.39 is 11.4 Å². The molecule has 1 aliphatic rings. The first-order valence-electron chi connectivity index (χ1n) is 9.94. The second-order valence-electron chi connectivity index (χ2n) is 8.04. The third-order valence-electron chi connectivity index (χ3n) is 5.09. The summed E-state index contributed by atoms with van der Waals surface area (Å²) in [4.78, 5) is 12.6. The highest BCUT2D eigenvalue weighted by Crippen LogP contribution is 2.45. The van der Waals surface area contributed by atoms with Crippen molar-refractivity contribution in [2.24, 2.45) is 0 Å². The minimum atomic E-state index is -0.652. The number of phenols is 4. The van der Waals surface area contributed by atoms with Crippen molar-refractivity contribution in [2.45, 2.75) is 39.2 Å². The summed E-state index contributed by atoms with van der Waals surface area (Å²) in [6, 6.07) is 5.09. The number of ketones is 1. The maximum Gasteiger partial charge on any atom is 0.189 e. The van der Waals surface area contributed by atoms with E-state index in [1.807, 2.05) is 26.8 Å². The first kappa shape index (κ1) is 22.0. The maximum absolute atomic E-state index is 12.6. The van der Waals surface area contributed by atoms with Crippen LogP contribution in [0.4, 0.5) is 0 Å². The second kappa shape index (κ2) is 8.60. The molecule has 2 aromatic carbocycles. The number of benzene rings is 2. The summed E-state index contributed by atoms with van der Waals surface area (Å²) in [5.41, 5.74) is 0.927. The average Bonchev–Trinajstić information content (AvgIpc) is 2.70. The van der Waals surface area contributed by atoms with Gasteiger partial charge in [-0.2, -0.15) is 0 Å². The van der Waals surface area contributed by atoms with Crippen LogP contribution in [0.5, 0.6) is 28.7 Å². The van der Waals surface area contributed by atoms with Gasteiger partial charge in [-0.1, -0.05) is 11.6 Å². The largest absolute Gasteiger partial charge is 0.508 e. The Morgan fingerprint density at radius 2 is 1.84 bits per heavy atom. The van der Waals surface area contributed by atoms with E-state index >= 15 is 0 Å². The van der Waals surface area contributed by atoms with Crippen LogP contribution in [0, 0.1) is 0 Å². The van der Waals surface area contributed by atoms with Crippen molar-refractivity contribution >= 4 is 17.9 Å². The van der Waals surface area contributed by atoms with Crippen LogP contribution in [0.1, 0.15) is 55.1 Å². The summed E-state index contributed by atoms with van der Waals surface area (Å²) in [6.07, 6.45) is 9.51. The third-order valence-corrected chi connectivity index (χ3v) is 5.09. The molecule has 6 heteroatoms. The molecule has 1 atom stereocenters. The fraction of sp³-hybridized carbons (Fsp3) is 0.240. The van der Waals surface area contributed by atoms with E-state index in [4.69, 9.17) is 4.74 Å². The molecule has 0 aromatic heterocycles. The molecule has 0 amide bonds. The predicted molar refractivity (Wildman–Crippen MR) is 120 cm³/mol. The highest BCUT2D eigenvalue weighted by Gasteiger charge is 2.31. The van der Waals surface area contributed by atoms with Crippen LogP contribution >= 0.6 is 0 Å². The summed E-state index contributed by atoms with van der Waals surface area (Å²) >= 11 is 0. The molecule has 0 saturated carbocycles. The molecular weight excluding hydrogens is 396 g/mol. The summed E-state index contributed by atoms with van der Waals surface area (Å²) < 4.78 is 5.99. The molecule has 6 nitrogen and oxygen atoms in total. The Morgan fingerprint density at radius 1 is 1.10 bits per heavy atom. The fourth-order valence-corrected chi connectivity index (χ4v) is 3.35. The van der Waals surface area contributed by atoms with Gasteiger partial charge in [0.15, 0.2) is 17.3 Å². The van der Waals surface area contributed by atoms with E-state index in [-0.39, 0.29) is 45.4 Å². The molecule has 1 unspecified atom stereocenters. The number of hydrogen-bond donors (Lipinski definition) is 4. The van der Waals surface area contributed by atoms with Crippen molar-refractivity contribution < 1.29 is 30.0 Å². The molecule has 0 radical (unpaired) electrons. The molecular formula is C25H26O6. The zero-order valence-corrected chi connectivity index (χ0v) is 17.7. The normalized spacial score (nSPS) is 17.3. The minimum absolute atomic E-state index is 0.0610. The molecule has 0 saturated heterocycles. The van der Waals surface area contributed by atoms with Gasteiger partial charge in [-0.25, -0.2) is 0 Å². The molecule has 0 fully saturated rings. The molecule has 1 heterocycles. The Bertz CT molecular complexity index is 1110. The van der Waals surface area contributed by atoms with Crippen LogP contribution in [0.2, 0.25) is 0 Å². The monoisotopic (exact) mass is 422 g/mol. The van der Waals surface area contributed by atoms with Gasteiger partial charge < -0.3 is 25.2 Å². The Balaban J connectivity index is 1.88. The fourth-order valence-electron chi connectivity index (χ4n) is 3.35. The molecule has 1 aliphatic heterocycles. The number of rotatable bonds is 6. The third kappa shape index (κ3) is 4.91. The highest BCUT2D eigenvalue weighted by molar-refractivity contribution is 6.10. The number of hydrogen-bond acceptors (Lipinski definition) is 6. The van der Waals surface area contributed by atoms with Crippen LogP contribution < -0.4 is 4.74 Å². The van der Waals surface area contributed by atoms with E-state index in [1.54, 1.807) is 6.08 Å². The van der Waals surface area contributed by atoms with Crippen molar-refractivity contribution in [3.05, 3.63) is 64.8 Å². The quantitative estimate of drug-likeness (QED) is 0.217. The van der Waals surface area contributed by atoms with Gasteiger partial charge >= 0.3 is 0 Å². The molecule has 2 aromatic rings. The van der Waals surface area contributed by atoms with E-state index in [0.717, 1.165) is 12.5 Å². The lowest BCUT2D eigenvalue weighted by molar-refractivity contribution is 0.104. The second-order valence-corrected chi connectivity index (χ2v) is 8.04. The number of carbonyl (C=O) groups excluding carboxylic acids is 1. The zero-order chi connectivity index (χ0) is 22.8. The first-order chi connectivity index (χ1) is 14.6. The van der Waals surface area contributed by atoms with Gasteiger partial charge in [0.25, 0.3) is 0 Å². The summed E-state index contributed by atoms with van der Waals surface area (Å²) in [5, 5.41) is 40.5. The zero-order valence-electron chi connectivity index (χ0n) is 17.7. The summed E-state index contributed by atoms with van der Waals surface area (Å²) in [7, 11) is 0.